The predicted molar refractivity (Wildman–Crippen MR) is 74.7 cm³/mol. The molecular formula is C13H24N4. The lowest BCUT2D eigenvalue weighted by Crippen LogP contribution is -2.28. The smallest absolute Gasteiger partial charge is 0.127 e. The molecule has 0 aromatic carbocycles. The first-order chi connectivity index (χ1) is 8.30. The predicted octanol–water partition coefficient (Wildman–Crippen LogP) is 2.27. The van der Waals surface area contributed by atoms with E-state index in [-0.39, 0.29) is 0 Å². The molecule has 0 fully saturated rings. The Morgan fingerprint density at radius 2 is 1.94 bits per heavy atom. The molecule has 0 amide bonds. The van der Waals surface area contributed by atoms with Crippen molar-refractivity contribution in [3.63, 3.8) is 0 Å². The van der Waals surface area contributed by atoms with Crippen LogP contribution < -0.4 is 10.6 Å². The zero-order valence-corrected chi connectivity index (χ0v) is 11.2. The summed E-state index contributed by atoms with van der Waals surface area (Å²) in [6, 6.07) is 4.05. The van der Waals surface area contributed by atoms with Gasteiger partial charge in [-0.2, -0.15) is 0 Å². The molecule has 4 nitrogen and oxygen atoms in total. The highest BCUT2D eigenvalue weighted by Gasteiger charge is 1.99. The number of rotatable bonds is 8. The van der Waals surface area contributed by atoms with Gasteiger partial charge in [-0.05, 0) is 26.1 Å². The Morgan fingerprint density at radius 3 is 2.59 bits per heavy atom. The second-order valence-corrected chi connectivity index (χ2v) is 3.91. The van der Waals surface area contributed by atoms with E-state index < -0.39 is 0 Å². The van der Waals surface area contributed by atoms with Gasteiger partial charge >= 0.3 is 0 Å². The zero-order chi connectivity index (χ0) is 12.5. The van der Waals surface area contributed by atoms with E-state index >= 15 is 0 Å². The average molecular weight is 236 g/mol. The van der Waals surface area contributed by atoms with Crippen molar-refractivity contribution in [2.24, 2.45) is 0 Å². The Kier molecular flexibility index (Phi) is 6.40. The van der Waals surface area contributed by atoms with Gasteiger partial charge in [-0.15, -0.1) is 0 Å². The second kappa shape index (κ2) is 7.90. The summed E-state index contributed by atoms with van der Waals surface area (Å²) in [5.74, 6) is 0.931. The van der Waals surface area contributed by atoms with Crippen molar-refractivity contribution in [1.29, 1.82) is 0 Å². The standard InChI is InChI=1S/C13H24N4/c1-4-14-13-11-12(7-8-16-13)15-9-10-17(5-2)6-3/h7-8,11H,4-6,9-10H2,1-3H3,(H2,14,15,16). The van der Waals surface area contributed by atoms with E-state index in [2.05, 4.69) is 41.3 Å². The van der Waals surface area contributed by atoms with Crippen LogP contribution in [-0.2, 0) is 0 Å². The van der Waals surface area contributed by atoms with E-state index in [1.54, 1.807) is 0 Å². The Hall–Kier alpha value is -1.29. The minimum Gasteiger partial charge on any atom is -0.384 e. The van der Waals surface area contributed by atoms with Gasteiger partial charge in [-0.25, -0.2) is 4.98 Å². The topological polar surface area (TPSA) is 40.2 Å². The fourth-order valence-electron chi connectivity index (χ4n) is 1.72. The lowest BCUT2D eigenvalue weighted by atomic mass is 10.3. The van der Waals surface area contributed by atoms with Gasteiger partial charge in [0, 0.05) is 37.6 Å². The molecular weight excluding hydrogens is 212 g/mol. The summed E-state index contributed by atoms with van der Waals surface area (Å²) in [5, 5.41) is 6.63. The molecule has 0 saturated heterocycles. The lowest BCUT2D eigenvalue weighted by Gasteiger charge is -2.18. The number of hydrogen-bond donors (Lipinski definition) is 2. The highest BCUT2D eigenvalue weighted by molar-refractivity contribution is 5.51. The fraction of sp³-hybridized carbons (Fsp3) is 0.615. The van der Waals surface area contributed by atoms with Crippen LogP contribution in [0.5, 0.6) is 0 Å². The van der Waals surface area contributed by atoms with Crippen molar-refractivity contribution < 1.29 is 0 Å². The molecule has 0 spiro atoms. The third-order valence-electron chi connectivity index (χ3n) is 2.77. The van der Waals surface area contributed by atoms with Crippen LogP contribution in [0.4, 0.5) is 11.5 Å². The van der Waals surface area contributed by atoms with E-state index in [0.29, 0.717) is 0 Å². The number of nitrogens with one attached hydrogen (secondary N) is 2. The average Bonchev–Trinajstić information content (AvgIpc) is 2.36. The Balaban J connectivity index is 2.38. The van der Waals surface area contributed by atoms with Crippen LogP contribution in [0.2, 0.25) is 0 Å². The van der Waals surface area contributed by atoms with Crippen molar-refractivity contribution >= 4 is 11.5 Å². The van der Waals surface area contributed by atoms with Crippen molar-refractivity contribution in [2.75, 3.05) is 43.4 Å². The SMILES string of the molecule is CCNc1cc(NCCN(CC)CC)ccn1. The number of anilines is 2. The number of likely N-dealkylation sites (N-methyl/N-ethyl adjacent to an activating group) is 1. The first kappa shape index (κ1) is 13.8. The van der Waals surface area contributed by atoms with E-state index in [1.807, 2.05) is 18.3 Å². The van der Waals surface area contributed by atoms with E-state index in [9.17, 15) is 0 Å². The van der Waals surface area contributed by atoms with Gasteiger partial charge in [0.15, 0.2) is 0 Å². The quantitative estimate of drug-likeness (QED) is 0.726. The Bertz CT molecular complexity index is 310. The monoisotopic (exact) mass is 236 g/mol. The van der Waals surface area contributed by atoms with E-state index in [4.69, 9.17) is 0 Å². The lowest BCUT2D eigenvalue weighted by molar-refractivity contribution is 0.316. The maximum absolute atomic E-state index is 4.24. The number of nitrogens with zero attached hydrogens (tertiary/aromatic N) is 2. The molecule has 4 heteroatoms. The number of hydrogen-bond acceptors (Lipinski definition) is 4. The molecule has 17 heavy (non-hydrogen) atoms. The van der Waals surface area contributed by atoms with Gasteiger partial charge < -0.3 is 15.5 Å². The van der Waals surface area contributed by atoms with E-state index in [1.165, 1.54) is 0 Å². The molecule has 96 valence electrons. The normalized spacial score (nSPS) is 10.6. The molecule has 0 unspecified atom stereocenters. The van der Waals surface area contributed by atoms with Crippen molar-refractivity contribution in [3.8, 4) is 0 Å². The van der Waals surface area contributed by atoms with Gasteiger partial charge in [-0.1, -0.05) is 13.8 Å². The van der Waals surface area contributed by atoms with Crippen LogP contribution >= 0.6 is 0 Å². The van der Waals surface area contributed by atoms with Crippen LogP contribution in [0.3, 0.4) is 0 Å². The van der Waals surface area contributed by atoms with E-state index in [0.717, 1.165) is 44.2 Å². The molecule has 1 rings (SSSR count). The summed E-state index contributed by atoms with van der Waals surface area (Å²) < 4.78 is 0. The summed E-state index contributed by atoms with van der Waals surface area (Å²) in [7, 11) is 0. The van der Waals surface area contributed by atoms with Crippen LogP contribution in [0, 0.1) is 0 Å². The highest BCUT2D eigenvalue weighted by atomic mass is 15.1. The molecule has 0 aliphatic carbocycles. The van der Waals surface area contributed by atoms with Gasteiger partial charge in [0.05, 0.1) is 0 Å². The van der Waals surface area contributed by atoms with Crippen LogP contribution in [-0.4, -0.2) is 42.6 Å². The molecule has 0 aliphatic heterocycles. The van der Waals surface area contributed by atoms with Gasteiger partial charge in [0.25, 0.3) is 0 Å². The maximum Gasteiger partial charge on any atom is 0.127 e. The summed E-state index contributed by atoms with van der Waals surface area (Å²) in [6.45, 7) is 11.6. The molecule has 1 aromatic rings. The molecule has 2 N–H and O–H groups in total. The molecule has 0 atom stereocenters. The number of pyridine rings is 1. The minimum atomic E-state index is 0.899. The first-order valence-corrected chi connectivity index (χ1v) is 6.46. The van der Waals surface area contributed by atoms with Crippen molar-refractivity contribution in [2.45, 2.75) is 20.8 Å². The third kappa shape index (κ3) is 5.04. The number of aromatic nitrogens is 1. The highest BCUT2D eigenvalue weighted by Crippen LogP contribution is 2.11. The minimum absolute atomic E-state index is 0.899. The van der Waals surface area contributed by atoms with Crippen LogP contribution in [0.15, 0.2) is 18.3 Å². The summed E-state index contributed by atoms with van der Waals surface area (Å²) in [6.07, 6.45) is 1.83. The molecule has 0 radical (unpaired) electrons. The molecule has 0 aliphatic rings. The van der Waals surface area contributed by atoms with Gasteiger partial charge in [-0.3, -0.25) is 0 Å². The third-order valence-corrected chi connectivity index (χ3v) is 2.77. The second-order valence-electron chi connectivity index (χ2n) is 3.91. The van der Waals surface area contributed by atoms with Crippen molar-refractivity contribution in [1.82, 2.24) is 9.88 Å². The van der Waals surface area contributed by atoms with Crippen LogP contribution in [0.25, 0.3) is 0 Å². The molecule has 1 aromatic heterocycles. The van der Waals surface area contributed by atoms with Gasteiger partial charge in [0.1, 0.15) is 5.82 Å². The zero-order valence-electron chi connectivity index (χ0n) is 11.2. The van der Waals surface area contributed by atoms with Gasteiger partial charge in [0.2, 0.25) is 0 Å². The first-order valence-electron chi connectivity index (χ1n) is 6.46. The molecule has 1 heterocycles. The largest absolute Gasteiger partial charge is 0.384 e. The van der Waals surface area contributed by atoms with Crippen LogP contribution in [0.1, 0.15) is 20.8 Å². The Labute approximate surface area is 104 Å². The summed E-state index contributed by atoms with van der Waals surface area (Å²) in [5.41, 5.74) is 1.13. The molecule has 0 bridgehead atoms. The fourth-order valence-corrected chi connectivity index (χ4v) is 1.72. The van der Waals surface area contributed by atoms with Crippen molar-refractivity contribution in [3.05, 3.63) is 18.3 Å². The molecule has 0 saturated carbocycles. The Morgan fingerprint density at radius 1 is 1.18 bits per heavy atom. The summed E-state index contributed by atoms with van der Waals surface area (Å²) in [4.78, 5) is 6.65. The summed E-state index contributed by atoms with van der Waals surface area (Å²) >= 11 is 0. The maximum atomic E-state index is 4.24.